The first-order valence-electron chi connectivity index (χ1n) is 10.2. The minimum Gasteiger partial charge on any atom is -0.355 e. The van der Waals surface area contributed by atoms with E-state index in [0.717, 1.165) is 43.6 Å². The highest BCUT2D eigenvalue weighted by Gasteiger charge is 2.55. The van der Waals surface area contributed by atoms with Gasteiger partial charge in [0.2, 0.25) is 11.8 Å². The largest absolute Gasteiger partial charge is 0.355 e. The zero-order valence-corrected chi connectivity index (χ0v) is 16.4. The van der Waals surface area contributed by atoms with Crippen molar-refractivity contribution in [2.45, 2.75) is 78.2 Å². The smallest absolute Gasteiger partial charge is 0.226 e. The average Bonchev–Trinajstić information content (AvgIpc) is 2.51. The zero-order chi connectivity index (χ0) is 18.0. The highest BCUT2D eigenvalue weighted by Crippen LogP contribution is 2.60. The predicted molar refractivity (Wildman–Crippen MR) is 97.8 cm³/mol. The number of hydrogen-bond donors (Lipinski definition) is 1. The number of carbonyl (C=O) groups is 2. The van der Waals surface area contributed by atoms with Crippen LogP contribution in [0.15, 0.2) is 0 Å². The molecule has 5 aliphatic rings. The molecule has 1 saturated heterocycles. The summed E-state index contributed by atoms with van der Waals surface area (Å²) in [5.41, 5.74) is -0.0189. The maximum absolute atomic E-state index is 12.9. The molecule has 0 unspecified atom stereocenters. The van der Waals surface area contributed by atoms with Crippen LogP contribution in [0, 0.1) is 28.6 Å². The number of likely N-dealkylation sites (tertiary alicyclic amines) is 1. The van der Waals surface area contributed by atoms with Crippen molar-refractivity contribution in [3.8, 4) is 0 Å². The molecule has 4 aliphatic carbocycles. The van der Waals surface area contributed by atoms with Crippen LogP contribution in [0.3, 0.4) is 0 Å². The van der Waals surface area contributed by atoms with Crippen LogP contribution < -0.4 is 5.32 Å². The molecule has 4 heteroatoms. The Labute approximate surface area is 152 Å². The summed E-state index contributed by atoms with van der Waals surface area (Å²) in [7, 11) is 0. The third-order valence-electron chi connectivity index (χ3n) is 8.33. The molecule has 0 spiro atoms. The van der Waals surface area contributed by atoms with Crippen molar-refractivity contribution in [1.82, 2.24) is 10.2 Å². The van der Waals surface area contributed by atoms with E-state index >= 15 is 0 Å². The summed E-state index contributed by atoms with van der Waals surface area (Å²) in [6.07, 6.45) is 7.75. The summed E-state index contributed by atoms with van der Waals surface area (Å²) in [6, 6.07) is 0. The second kappa shape index (κ2) is 5.47. The molecule has 1 heterocycles. The summed E-state index contributed by atoms with van der Waals surface area (Å²) in [5, 5.41) is 3.14. The highest BCUT2D eigenvalue weighted by atomic mass is 16.2. The number of carbonyl (C=O) groups excluding carboxylic acids is 2. The van der Waals surface area contributed by atoms with Crippen molar-refractivity contribution in [2.75, 3.05) is 13.1 Å². The molecule has 1 aliphatic heterocycles. The van der Waals surface area contributed by atoms with Crippen molar-refractivity contribution in [1.29, 1.82) is 0 Å². The third kappa shape index (κ3) is 2.62. The quantitative estimate of drug-likeness (QED) is 0.848. The Bertz CT molecular complexity index is 557. The Kier molecular flexibility index (Phi) is 3.80. The molecule has 2 amide bonds. The number of nitrogens with zero attached hydrogens (tertiary/aromatic N) is 1. The summed E-state index contributed by atoms with van der Waals surface area (Å²) in [6.45, 7) is 10.0. The van der Waals surface area contributed by atoms with Gasteiger partial charge in [-0.15, -0.1) is 0 Å². The number of amides is 2. The summed E-state index contributed by atoms with van der Waals surface area (Å²) < 4.78 is 0. The SMILES string of the molecule is CC1(C)CN(C(=O)CCNC(=O)C23CC4CC(CC(C4)C2)C3)C1(C)C. The van der Waals surface area contributed by atoms with E-state index < -0.39 is 0 Å². The summed E-state index contributed by atoms with van der Waals surface area (Å²) >= 11 is 0. The van der Waals surface area contributed by atoms with Crippen LogP contribution in [0.1, 0.15) is 72.6 Å². The highest BCUT2D eigenvalue weighted by molar-refractivity contribution is 5.84. The van der Waals surface area contributed by atoms with Crippen molar-refractivity contribution in [3.63, 3.8) is 0 Å². The Morgan fingerprint density at radius 1 is 0.960 bits per heavy atom. The lowest BCUT2D eigenvalue weighted by Crippen LogP contribution is -2.70. The molecular weight excluding hydrogens is 312 g/mol. The van der Waals surface area contributed by atoms with E-state index in [2.05, 4.69) is 33.0 Å². The lowest BCUT2D eigenvalue weighted by atomic mass is 9.49. The summed E-state index contributed by atoms with van der Waals surface area (Å²) in [5.74, 6) is 2.76. The molecule has 140 valence electrons. The fourth-order valence-electron chi connectivity index (χ4n) is 6.45. The molecule has 0 aromatic rings. The lowest BCUT2D eigenvalue weighted by molar-refractivity contribution is -0.167. The van der Waals surface area contributed by atoms with E-state index in [-0.39, 0.29) is 28.2 Å². The van der Waals surface area contributed by atoms with Crippen molar-refractivity contribution in [2.24, 2.45) is 28.6 Å². The van der Waals surface area contributed by atoms with Crippen LogP contribution in [0.2, 0.25) is 0 Å². The first-order chi connectivity index (χ1) is 11.6. The van der Waals surface area contributed by atoms with Crippen LogP contribution >= 0.6 is 0 Å². The normalized spacial score (nSPS) is 39.8. The van der Waals surface area contributed by atoms with Crippen LogP contribution in [0.5, 0.6) is 0 Å². The zero-order valence-electron chi connectivity index (χ0n) is 16.4. The van der Waals surface area contributed by atoms with Gasteiger partial charge >= 0.3 is 0 Å². The summed E-state index contributed by atoms with van der Waals surface area (Å²) in [4.78, 5) is 27.4. The van der Waals surface area contributed by atoms with Crippen molar-refractivity contribution >= 4 is 11.8 Å². The third-order valence-corrected chi connectivity index (χ3v) is 8.33. The first kappa shape index (κ1) is 17.4. The maximum Gasteiger partial charge on any atom is 0.226 e. The standard InChI is InChI=1S/C21H34N2O2/c1-19(2)13-23(20(19,3)4)17(24)5-6-22-18(25)21-10-14-7-15(11-21)9-16(8-14)12-21/h14-16H,5-13H2,1-4H3,(H,22,25). The first-order valence-corrected chi connectivity index (χ1v) is 10.2. The molecule has 1 N–H and O–H groups in total. The molecule has 0 atom stereocenters. The van der Waals surface area contributed by atoms with E-state index in [0.29, 0.717) is 13.0 Å². The van der Waals surface area contributed by atoms with Gasteiger partial charge < -0.3 is 10.2 Å². The molecule has 0 aromatic carbocycles. The lowest BCUT2D eigenvalue weighted by Gasteiger charge is -2.61. The van der Waals surface area contributed by atoms with Gasteiger partial charge in [-0.2, -0.15) is 0 Å². The van der Waals surface area contributed by atoms with E-state index in [1.54, 1.807) is 0 Å². The number of rotatable bonds is 4. The van der Waals surface area contributed by atoms with Gasteiger partial charge in [0, 0.05) is 35.9 Å². The minimum atomic E-state index is -0.101. The van der Waals surface area contributed by atoms with Gasteiger partial charge in [-0.05, 0) is 70.1 Å². The average molecular weight is 347 g/mol. The van der Waals surface area contributed by atoms with Gasteiger partial charge in [-0.25, -0.2) is 0 Å². The second-order valence-electron chi connectivity index (χ2n) is 10.6. The van der Waals surface area contributed by atoms with Crippen LogP contribution in [0.4, 0.5) is 0 Å². The fraction of sp³-hybridized carbons (Fsp3) is 0.905. The van der Waals surface area contributed by atoms with Crippen LogP contribution in [0.25, 0.3) is 0 Å². The van der Waals surface area contributed by atoms with Gasteiger partial charge in [0.25, 0.3) is 0 Å². The molecule has 0 aromatic heterocycles. The molecule has 25 heavy (non-hydrogen) atoms. The van der Waals surface area contributed by atoms with Crippen LogP contribution in [-0.2, 0) is 9.59 Å². The molecule has 4 saturated carbocycles. The Morgan fingerprint density at radius 2 is 1.48 bits per heavy atom. The van der Waals surface area contributed by atoms with Gasteiger partial charge in [0.15, 0.2) is 0 Å². The van der Waals surface area contributed by atoms with E-state index in [9.17, 15) is 9.59 Å². The van der Waals surface area contributed by atoms with Gasteiger partial charge in [-0.1, -0.05) is 13.8 Å². The maximum atomic E-state index is 12.9. The second-order valence-corrected chi connectivity index (χ2v) is 10.6. The van der Waals surface area contributed by atoms with E-state index in [4.69, 9.17) is 0 Å². The fourth-order valence-corrected chi connectivity index (χ4v) is 6.45. The van der Waals surface area contributed by atoms with Gasteiger partial charge in [0.05, 0.1) is 0 Å². The topological polar surface area (TPSA) is 49.4 Å². The minimum absolute atomic E-state index is 0.0893. The Hall–Kier alpha value is -1.06. The molecule has 0 radical (unpaired) electrons. The molecule has 4 nitrogen and oxygen atoms in total. The van der Waals surface area contributed by atoms with E-state index in [1.807, 2.05) is 4.90 Å². The van der Waals surface area contributed by atoms with Crippen molar-refractivity contribution in [3.05, 3.63) is 0 Å². The number of nitrogens with one attached hydrogen (secondary N) is 1. The molecule has 5 rings (SSSR count). The predicted octanol–water partition coefficient (Wildman–Crippen LogP) is 3.36. The van der Waals surface area contributed by atoms with E-state index in [1.165, 1.54) is 19.3 Å². The Morgan fingerprint density at radius 3 is 1.92 bits per heavy atom. The monoisotopic (exact) mass is 346 g/mol. The van der Waals surface area contributed by atoms with Crippen LogP contribution in [-0.4, -0.2) is 35.3 Å². The molecular formula is C21H34N2O2. The number of hydrogen-bond acceptors (Lipinski definition) is 2. The molecule has 5 fully saturated rings. The Balaban J connectivity index is 1.29. The van der Waals surface area contributed by atoms with Crippen molar-refractivity contribution < 1.29 is 9.59 Å². The van der Waals surface area contributed by atoms with Gasteiger partial charge in [0.1, 0.15) is 0 Å². The molecule has 4 bridgehead atoms. The van der Waals surface area contributed by atoms with Gasteiger partial charge in [-0.3, -0.25) is 9.59 Å².